The fraction of sp³-hybridized carbons (Fsp3) is 0.417. The lowest BCUT2D eigenvalue weighted by molar-refractivity contribution is -0.121. The number of anilines is 1. The first-order chi connectivity index (χ1) is 7.97. The average Bonchev–Trinajstić information content (AvgIpc) is 2.27. The molecule has 0 bridgehead atoms. The first kappa shape index (κ1) is 13.6. The van der Waals surface area contributed by atoms with Crippen LogP contribution in [-0.4, -0.2) is 19.5 Å². The molecule has 0 heterocycles. The zero-order chi connectivity index (χ0) is 13.0. The third-order valence-corrected chi connectivity index (χ3v) is 2.62. The minimum absolute atomic E-state index is 0.0697. The Balaban J connectivity index is 2.88. The van der Waals surface area contributed by atoms with Gasteiger partial charge in [-0.25, -0.2) is 8.78 Å². The summed E-state index contributed by atoms with van der Waals surface area (Å²) in [5.74, 6) is -1.93. The van der Waals surface area contributed by atoms with E-state index in [9.17, 15) is 13.6 Å². The first-order valence-electron chi connectivity index (χ1n) is 5.40. The van der Waals surface area contributed by atoms with Crippen molar-refractivity contribution >= 4 is 11.6 Å². The Morgan fingerprint density at radius 3 is 2.65 bits per heavy atom. The molecule has 3 nitrogen and oxygen atoms in total. The summed E-state index contributed by atoms with van der Waals surface area (Å²) in [7, 11) is 1.46. The van der Waals surface area contributed by atoms with Crippen LogP contribution in [0.3, 0.4) is 0 Å². The quantitative estimate of drug-likeness (QED) is 0.876. The molecule has 1 rings (SSSR count). The van der Waals surface area contributed by atoms with E-state index < -0.39 is 11.6 Å². The van der Waals surface area contributed by atoms with Crippen molar-refractivity contribution in [2.45, 2.75) is 13.3 Å². The molecule has 94 valence electrons. The smallest absolute Gasteiger partial charge is 0.229 e. The van der Waals surface area contributed by atoms with E-state index in [1.165, 1.54) is 18.0 Å². The molecule has 0 spiro atoms. The summed E-state index contributed by atoms with van der Waals surface area (Å²) >= 11 is 0. The van der Waals surface area contributed by atoms with Crippen LogP contribution in [-0.2, 0) is 4.79 Å². The van der Waals surface area contributed by atoms with E-state index >= 15 is 0 Å². The Bertz CT molecular complexity index is 409. The van der Waals surface area contributed by atoms with Crippen LogP contribution in [0.5, 0.6) is 0 Å². The molecule has 1 atom stereocenters. The van der Waals surface area contributed by atoms with Crippen molar-refractivity contribution in [3.8, 4) is 0 Å². The zero-order valence-electron chi connectivity index (χ0n) is 9.91. The van der Waals surface area contributed by atoms with Gasteiger partial charge in [0, 0.05) is 19.0 Å². The Labute approximate surface area is 99.2 Å². The van der Waals surface area contributed by atoms with E-state index in [1.54, 1.807) is 6.92 Å². The number of halogens is 2. The summed E-state index contributed by atoms with van der Waals surface area (Å²) in [6.45, 7) is 2.12. The van der Waals surface area contributed by atoms with Crippen LogP contribution in [0.2, 0.25) is 0 Å². The predicted molar refractivity (Wildman–Crippen MR) is 62.6 cm³/mol. The van der Waals surface area contributed by atoms with E-state index in [1.807, 2.05) is 0 Å². The molecule has 2 N–H and O–H groups in total. The van der Waals surface area contributed by atoms with Gasteiger partial charge in [-0.2, -0.15) is 0 Å². The van der Waals surface area contributed by atoms with Gasteiger partial charge in [0.2, 0.25) is 5.91 Å². The summed E-state index contributed by atoms with van der Waals surface area (Å²) in [6.07, 6.45) is 0.534. The second-order valence-electron chi connectivity index (χ2n) is 3.97. The van der Waals surface area contributed by atoms with E-state index in [4.69, 9.17) is 5.73 Å². The average molecular weight is 242 g/mol. The maximum Gasteiger partial charge on any atom is 0.229 e. The minimum Gasteiger partial charge on any atom is -0.330 e. The SMILES string of the molecule is CC(CCN)C(=O)N(C)c1ccc(F)cc1F. The summed E-state index contributed by atoms with van der Waals surface area (Å²) in [4.78, 5) is 13.1. The highest BCUT2D eigenvalue weighted by Gasteiger charge is 2.20. The Hall–Kier alpha value is -1.49. The maximum absolute atomic E-state index is 13.5. The van der Waals surface area contributed by atoms with E-state index in [0.717, 1.165) is 12.1 Å². The van der Waals surface area contributed by atoms with Gasteiger partial charge in [0.05, 0.1) is 5.69 Å². The van der Waals surface area contributed by atoms with Gasteiger partial charge < -0.3 is 10.6 Å². The summed E-state index contributed by atoms with van der Waals surface area (Å²) < 4.78 is 26.2. The molecule has 1 unspecified atom stereocenters. The van der Waals surface area contributed by atoms with Crippen molar-refractivity contribution in [1.82, 2.24) is 0 Å². The number of nitrogens with two attached hydrogens (primary N) is 1. The highest BCUT2D eigenvalue weighted by molar-refractivity contribution is 5.94. The summed E-state index contributed by atoms with van der Waals surface area (Å²) in [5.41, 5.74) is 5.43. The van der Waals surface area contributed by atoms with Gasteiger partial charge in [-0.1, -0.05) is 6.92 Å². The molecule has 0 saturated carbocycles. The molecular formula is C12H16F2N2O. The van der Waals surface area contributed by atoms with Crippen LogP contribution >= 0.6 is 0 Å². The Morgan fingerprint density at radius 1 is 1.47 bits per heavy atom. The lowest BCUT2D eigenvalue weighted by Crippen LogP contribution is -2.33. The van der Waals surface area contributed by atoms with Crippen LogP contribution in [0.15, 0.2) is 18.2 Å². The van der Waals surface area contributed by atoms with Gasteiger partial charge in [-0.05, 0) is 25.1 Å². The molecule has 0 aliphatic heterocycles. The molecule has 0 aromatic heterocycles. The lowest BCUT2D eigenvalue weighted by atomic mass is 10.1. The Morgan fingerprint density at radius 2 is 2.12 bits per heavy atom. The maximum atomic E-state index is 13.5. The van der Waals surface area contributed by atoms with Gasteiger partial charge in [-0.3, -0.25) is 4.79 Å². The van der Waals surface area contributed by atoms with Crippen molar-refractivity contribution in [3.63, 3.8) is 0 Å². The third-order valence-electron chi connectivity index (χ3n) is 2.62. The molecule has 0 radical (unpaired) electrons. The molecule has 0 fully saturated rings. The normalized spacial score (nSPS) is 12.3. The van der Waals surface area contributed by atoms with Gasteiger partial charge in [-0.15, -0.1) is 0 Å². The van der Waals surface area contributed by atoms with Crippen molar-refractivity contribution in [2.24, 2.45) is 11.7 Å². The largest absolute Gasteiger partial charge is 0.330 e. The fourth-order valence-corrected chi connectivity index (χ4v) is 1.58. The molecule has 0 aliphatic rings. The first-order valence-corrected chi connectivity index (χ1v) is 5.40. The van der Waals surface area contributed by atoms with Gasteiger partial charge in [0.1, 0.15) is 11.6 Å². The standard InChI is InChI=1S/C12H16F2N2O/c1-8(5-6-15)12(17)16(2)11-4-3-9(13)7-10(11)14/h3-4,7-8H,5-6,15H2,1-2H3. The van der Waals surface area contributed by atoms with Crippen LogP contribution < -0.4 is 10.6 Å². The number of carbonyl (C=O) groups is 1. The minimum atomic E-state index is -0.749. The monoisotopic (exact) mass is 242 g/mol. The number of hydrogen-bond donors (Lipinski definition) is 1. The molecular weight excluding hydrogens is 226 g/mol. The fourth-order valence-electron chi connectivity index (χ4n) is 1.58. The summed E-state index contributed by atoms with van der Waals surface area (Å²) in [5, 5.41) is 0. The van der Waals surface area contributed by atoms with Crippen molar-refractivity contribution in [1.29, 1.82) is 0 Å². The van der Waals surface area contributed by atoms with Crippen molar-refractivity contribution in [3.05, 3.63) is 29.8 Å². The molecule has 1 aromatic carbocycles. The number of nitrogens with zero attached hydrogens (tertiary/aromatic N) is 1. The lowest BCUT2D eigenvalue weighted by Gasteiger charge is -2.21. The number of carbonyl (C=O) groups excluding carboxylic acids is 1. The molecule has 0 aliphatic carbocycles. The van der Waals surface area contributed by atoms with Crippen LogP contribution in [0.4, 0.5) is 14.5 Å². The molecule has 0 saturated heterocycles. The third kappa shape index (κ3) is 3.23. The molecule has 5 heteroatoms. The van der Waals surface area contributed by atoms with Gasteiger partial charge in [0.15, 0.2) is 0 Å². The zero-order valence-corrected chi connectivity index (χ0v) is 9.91. The predicted octanol–water partition coefficient (Wildman–Crippen LogP) is 1.91. The number of rotatable bonds is 4. The van der Waals surface area contributed by atoms with Crippen molar-refractivity contribution < 1.29 is 13.6 Å². The second-order valence-corrected chi connectivity index (χ2v) is 3.97. The highest BCUT2D eigenvalue weighted by Crippen LogP contribution is 2.21. The van der Waals surface area contributed by atoms with Crippen LogP contribution in [0.1, 0.15) is 13.3 Å². The molecule has 17 heavy (non-hydrogen) atoms. The van der Waals surface area contributed by atoms with E-state index in [-0.39, 0.29) is 17.5 Å². The van der Waals surface area contributed by atoms with E-state index in [0.29, 0.717) is 13.0 Å². The number of hydrogen-bond acceptors (Lipinski definition) is 2. The topological polar surface area (TPSA) is 46.3 Å². The van der Waals surface area contributed by atoms with Gasteiger partial charge in [0.25, 0.3) is 0 Å². The Kier molecular flexibility index (Phi) is 4.57. The van der Waals surface area contributed by atoms with E-state index in [2.05, 4.69) is 0 Å². The second kappa shape index (κ2) is 5.72. The van der Waals surface area contributed by atoms with Crippen molar-refractivity contribution in [2.75, 3.05) is 18.5 Å². The van der Waals surface area contributed by atoms with Crippen LogP contribution in [0.25, 0.3) is 0 Å². The van der Waals surface area contributed by atoms with Crippen LogP contribution in [0, 0.1) is 17.6 Å². The summed E-state index contributed by atoms with van der Waals surface area (Å²) in [6, 6.07) is 3.13. The van der Waals surface area contributed by atoms with Gasteiger partial charge >= 0.3 is 0 Å². The highest BCUT2D eigenvalue weighted by atomic mass is 19.1. The molecule has 1 amide bonds. The number of benzene rings is 1. The number of amides is 1. The molecule has 1 aromatic rings.